The molecule has 174 valence electrons. The van der Waals surface area contributed by atoms with Crippen molar-refractivity contribution in [3.63, 3.8) is 0 Å². The van der Waals surface area contributed by atoms with E-state index >= 15 is 0 Å². The van der Waals surface area contributed by atoms with E-state index in [1.165, 1.54) is 11.4 Å². The van der Waals surface area contributed by atoms with Gasteiger partial charge in [-0.2, -0.15) is 0 Å². The van der Waals surface area contributed by atoms with Crippen molar-refractivity contribution in [3.8, 4) is 0 Å². The van der Waals surface area contributed by atoms with Crippen molar-refractivity contribution >= 4 is 34.5 Å². The van der Waals surface area contributed by atoms with Crippen LogP contribution in [-0.4, -0.2) is 41.5 Å². The number of para-hydroxylation sites is 1. The number of aryl methyl sites for hydroxylation is 1. The van der Waals surface area contributed by atoms with E-state index in [1.807, 2.05) is 19.2 Å². The second kappa shape index (κ2) is 9.77. The van der Waals surface area contributed by atoms with Gasteiger partial charge in [0.25, 0.3) is 5.91 Å². The smallest absolute Gasteiger partial charge is 0.270 e. The number of benzene rings is 2. The molecule has 6 nitrogen and oxygen atoms in total. The Labute approximate surface area is 204 Å². The van der Waals surface area contributed by atoms with Gasteiger partial charge in [0.1, 0.15) is 5.69 Å². The minimum Gasteiger partial charge on any atom is -0.368 e. The predicted octanol–water partition coefficient (Wildman–Crippen LogP) is 4.81. The van der Waals surface area contributed by atoms with Gasteiger partial charge in [0, 0.05) is 50.3 Å². The first-order valence-electron chi connectivity index (χ1n) is 11.7. The van der Waals surface area contributed by atoms with Crippen LogP contribution < -0.4 is 15.1 Å². The lowest BCUT2D eigenvalue weighted by Crippen LogP contribution is -2.46. The summed E-state index contributed by atoms with van der Waals surface area (Å²) in [4.78, 5) is 22.4. The van der Waals surface area contributed by atoms with Gasteiger partial charge in [-0.1, -0.05) is 48.9 Å². The molecule has 2 aromatic heterocycles. The quantitative estimate of drug-likeness (QED) is 0.436. The number of piperazine rings is 1. The van der Waals surface area contributed by atoms with Gasteiger partial charge in [0.05, 0.1) is 10.7 Å². The Balaban J connectivity index is 1.21. The third-order valence-corrected chi connectivity index (χ3v) is 6.68. The van der Waals surface area contributed by atoms with Crippen molar-refractivity contribution in [2.75, 3.05) is 36.0 Å². The number of imidazole rings is 1. The third kappa shape index (κ3) is 4.46. The fraction of sp³-hybridized carbons (Fsp3) is 0.259. The van der Waals surface area contributed by atoms with Gasteiger partial charge in [-0.05, 0) is 48.4 Å². The molecule has 2 aromatic carbocycles. The van der Waals surface area contributed by atoms with Gasteiger partial charge in [0.2, 0.25) is 0 Å². The van der Waals surface area contributed by atoms with E-state index < -0.39 is 0 Å². The molecule has 34 heavy (non-hydrogen) atoms. The Morgan fingerprint density at radius 2 is 1.56 bits per heavy atom. The number of rotatable bonds is 6. The number of aromatic nitrogens is 2. The van der Waals surface area contributed by atoms with E-state index in [0.717, 1.165) is 37.4 Å². The monoisotopic (exact) mass is 473 g/mol. The molecular formula is C27H28ClN5O. The zero-order valence-electron chi connectivity index (χ0n) is 19.2. The van der Waals surface area contributed by atoms with Crippen LogP contribution in [0.5, 0.6) is 0 Å². The summed E-state index contributed by atoms with van der Waals surface area (Å²) in [6, 6.07) is 22.7. The fourth-order valence-electron chi connectivity index (χ4n) is 4.52. The Morgan fingerprint density at radius 3 is 2.21 bits per heavy atom. The zero-order valence-corrected chi connectivity index (χ0v) is 20.0. The molecule has 1 fully saturated rings. The Morgan fingerprint density at radius 1 is 0.912 bits per heavy atom. The van der Waals surface area contributed by atoms with Crippen molar-refractivity contribution in [1.29, 1.82) is 0 Å². The highest BCUT2D eigenvalue weighted by Gasteiger charge is 2.20. The number of pyridine rings is 1. The van der Waals surface area contributed by atoms with E-state index in [2.05, 4.69) is 74.7 Å². The lowest BCUT2D eigenvalue weighted by atomic mass is 10.1. The summed E-state index contributed by atoms with van der Waals surface area (Å²) in [5.41, 5.74) is 5.47. The molecule has 0 aliphatic carbocycles. The number of hydrogen-bond acceptors (Lipinski definition) is 4. The Bertz CT molecular complexity index is 1280. The van der Waals surface area contributed by atoms with Gasteiger partial charge in [0.15, 0.2) is 5.65 Å². The summed E-state index contributed by atoms with van der Waals surface area (Å²) < 4.78 is 1.77. The first kappa shape index (κ1) is 22.3. The van der Waals surface area contributed by atoms with Crippen LogP contribution in [0, 0.1) is 0 Å². The molecule has 0 unspecified atom stereocenters. The molecule has 1 N–H and O–H groups in total. The van der Waals surface area contributed by atoms with Gasteiger partial charge >= 0.3 is 0 Å². The summed E-state index contributed by atoms with van der Waals surface area (Å²) in [6.45, 7) is 6.43. The standard InChI is InChI=1S/C27H28ClN5O/c1-2-24-25(33-14-6-9-23(28)26(33)30-24)27(34)29-19-20-10-12-22(13-11-20)32-17-15-31(16-18-32)21-7-4-3-5-8-21/h3-14H,2,15-19H2,1H3,(H,29,34). The fourth-order valence-corrected chi connectivity index (χ4v) is 4.73. The molecule has 1 saturated heterocycles. The zero-order chi connectivity index (χ0) is 23.5. The Hall–Kier alpha value is -3.51. The van der Waals surface area contributed by atoms with Crippen LogP contribution in [0.4, 0.5) is 11.4 Å². The molecule has 7 heteroatoms. The van der Waals surface area contributed by atoms with Gasteiger partial charge in [-0.3, -0.25) is 9.20 Å². The molecule has 0 atom stereocenters. The highest BCUT2D eigenvalue weighted by atomic mass is 35.5. The van der Waals surface area contributed by atoms with Crippen LogP contribution in [-0.2, 0) is 13.0 Å². The van der Waals surface area contributed by atoms with Gasteiger partial charge < -0.3 is 15.1 Å². The van der Waals surface area contributed by atoms with Crippen molar-refractivity contribution < 1.29 is 4.79 Å². The number of nitrogens with zero attached hydrogens (tertiary/aromatic N) is 4. The van der Waals surface area contributed by atoms with Crippen LogP contribution in [0.15, 0.2) is 72.9 Å². The average molecular weight is 474 g/mol. The average Bonchev–Trinajstić information content (AvgIpc) is 3.28. The first-order chi connectivity index (χ1) is 16.6. The third-order valence-electron chi connectivity index (χ3n) is 6.38. The maximum absolute atomic E-state index is 13.0. The molecule has 4 aromatic rings. The van der Waals surface area contributed by atoms with Crippen LogP contribution in [0.1, 0.15) is 28.7 Å². The number of hydrogen-bond donors (Lipinski definition) is 1. The normalized spacial score (nSPS) is 13.9. The van der Waals surface area contributed by atoms with Crippen LogP contribution >= 0.6 is 11.6 Å². The topological polar surface area (TPSA) is 52.9 Å². The van der Waals surface area contributed by atoms with E-state index in [9.17, 15) is 4.79 Å². The van der Waals surface area contributed by atoms with Crippen LogP contribution in [0.3, 0.4) is 0 Å². The molecule has 1 aliphatic rings. The molecule has 0 bridgehead atoms. The minimum atomic E-state index is -0.146. The van der Waals surface area contributed by atoms with Crippen molar-refractivity contribution in [2.24, 2.45) is 0 Å². The van der Waals surface area contributed by atoms with Gasteiger partial charge in [-0.25, -0.2) is 4.98 Å². The minimum absolute atomic E-state index is 0.146. The summed E-state index contributed by atoms with van der Waals surface area (Å²) >= 11 is 6.27. The first-order valence-corrected chi connectivity index (χ1v) is 12.1. The molecule has 0 radical (unpaired) electrons. The lowest BCUT2D eigenvalue weighted by molar-refractivity contribution is 0.0944. The number of nitrogens with one attached hydrogen (secondary N) is 1. The summed E-state index contributed by atoms with van der Waals surface area (Å²) in [5, 5.41) is 3.59. The van der Waals surface area contributed by atoms with E-state index in [1.54, 1.807) is 10.5 Å². The second-order valence-corrected chi connectivity index (χ2v) is 8.88. The molecule has 3 heterocycles. The summed E-state index contributed by atoms with van der Waals surface area (Å²) in [5.74, 6) is -0.146. The largest absolute Gasteiger partial charge is 0.368 e. The number of fused-ring (bicyclic) bond motifs is 1. The van der Waals surface area contributed by atoms with E-state index in [-0.39, 0.29) is 5.91 Å². The predicted molar refractivity (Wildman–Crippen MR) is 138 cm³/mol. The number of halogens is 1. The summed E-state index contributed by atoms with van der Waals surface area (Å²) in [6.07, 6.45) is 2.49. The number of carbonyl (C=O) groups is 1. The summed E-state index contributed by atoms with van der Waals surface area (Å²) in [7, 11) is 0. The molecule has 1 amide bonds. The van der Waals surface area contributed by atoms with Crippen LogP contribution in [0.2, 0.25) is 5.02 Å². The maximum atomic E-state index is 13.0. The number of carbonyl (C=O) groups excluding carboxylic acids is 1. The second-order valence-electron chi connectivity index (χ2n) is 8.47. The van der Waals surface area contributed by atoms with Crippen LogP contribution in [0.25, 0.3) is 5.65 Å². The highest BCUT2D eigenvalue weighted by molar-refractivity contribution is 6.33. The van der Waals surface area contributed by atoms with Gasteiger partial charge in [-0.15, -0.1) is 0 Å². The van der Waals surface area contributed by atoms with E-state index in [0.29, 0.717) is 29.3 Å². The Kier molecular flexibility index (Phi) is 6.41. The SMILES string of the molecule is CCc1nc2c(Cl)cccn2c1C(=O)NCc1ccc(N2CCN(c3ccccc3)CC2)cc1. The van der Waals surface area contributed by atoms with E-state index in [4.69, 9.17) is 11.6 Å². The van der Waals surface area contributed by atoms with Crippen molar-refractivity contribution in [3.05, 3.63) is 94.9 Å². The number of anilines is 2. The molecule has 5 rings (SSSR count). The maximum Gasteiger partial charge on any atom is 0.270 e. The molecular weight excluding hydrogens is 446 g/mol. The molecule has 1 aliphatic heterocycles. The lowest BCUT2D eigenvalue weighted by Gasteiger charge is -2.37. The van der Waals surface area contributed by atoms with Crippen molar-refractivity contribution in [2.45, 2.75) is 19.9 Å². The highest BCUT2D eigenvalue weighted by Crippen LogP contribution is 2.22. The van der Waals surface area contributed by atoms with Crippen molar-refractivity contribution in [1.82, 2.24) is 14.7 Å². The molecule has 0 saturated carbocycles. The number of amides is 1. The molecule has 0 spiro atoms.